The first-order valence-electron chi connectivity index (χ1n) is 4.31. The summed E-state index contributed by atoms with van der Waals surface area (Å²) >= 11 is 3.08. The predicted molar refractivity (Wildman–Crippen MR) is 60.0 cm³/mol. The molecular weight excluding hydrogens is 264 g/mol. The molecule has 1 rings (SSSR count). The number of halogens is 1. The van der Waals surface area contributed by atoms with Crippen LogP contribution in [0, 0.1) is 0 Å². The summed E-state index contributed by atoms with van der Waals surface area (Å²) in [6.45, 7) is 0. The van der Waals surface area contributed by atoms with Crippen molar-refractivity contribution >= 4 is 21.6 Å². The largest absolute Gasteiger partial charge is 0.481 e. The van der Waals surface area contributed by atoms with Gasteiger partial charge in [0, 0.05) is 10.9 Å². The van der Waals surface area contributed by atoms with Crippen molar-refractivity contribution < 1.29 is 14.9 Å². The van der Waals surface area contributed by atoms with E-state index in [0.717, 1.165) is 0 Å². The summed E-state index contributed by atoms with van der Waals surface area (Å²) in [5, 5.41) is 19.5. The Bertz CT molecular complexity index is 335. The number of pyridine rings is 1. The summed E-state index contributed by atoms with van der Waals surface area (Å²) in [5.41, 5.74) is 6.33. The predicted octanol–water partition coefficient (Wildman–Crippen LogP) is 0.462. The van der Waals surface area contributed by atoms with Crippen molar-refractivity contribution in [3.63, 3.8) is 0 Å². The second-order valence-corrected chi connectivity index (χ2v) is 3.68. The van der Waals surface area contributed by atoms with Crippen LogP contribution in [0.25, 0.3) is 0 Å². The van der Waals surface area contributed by atoms with Crippen molar-refractivity contribution in [2.24, 2.45) is 0 Å². The molecule has 84 valence electrons. The monoisotopic (exact) mass is 276 g/mol. The zero-order valence-corrected chi connectivity index (χ0v) is 9.81. The highest BCUT2D eigenvalue weighted by Crippen LogP contribution is 2.27. The maximum absolute atomic E-state index is 9.77. The van der Waals surface area contributed by atoms with Crippen LogP contribution in [0.15, 0.2) is 12.3 Å². The fourth-order valence-corrected chi connectivity index (χ4v) is 1.51. The lowest BCUT2D eigenvalue weighted by Crippen LogP contribution is -2.20. The molecule has 5 nitrogen and oxygen atoms in total. The molecule has 1 aromatic rings. The summed E-state index contributed by atoms with van der Waals surface area (Å²) in [7, 11) is 1.44. The lowest BCUT2D eigenvalue weighted by atomic mass is 10.1. The van der Waals surface area contributed by atoms with Crippen LogP contribution in [-0.2, 0) is 0 Å². The standard InChI is InChI=1S/C9H13BrN2O3/c1-15-9-6(2-5(11)4-12-9)8(14)7(13)3-10/h2,4,7-8,13-14H,3,11H2,1H3. The van der Waals surface area contributed by atoms with Crippen molar-refractivity contribution in [2.45, 2.75) is 12.2 Å². The average molecular weight is 277 g/mol. The second kappa shape index (κ2) is 5.29. The van der Waals surface area contributed by atoms with Gasteiger partial charge >= 0.3 is 0 Å². The summed E-state index contributed by atoms with van der Waals surface area (Å²) in [6.07, 6.45) is -0.576. The van der Waals surface area contributed by atoms with E-state index in [1.165, 1.54) is 19.4 Å². The Morgan fingerprint density at radius 3 is 2.80 bits per heavy atom. The Balaban J connectivity index is 3.05. The number of hydrogen-bond donors (Lipinski definition) is 3. The maximum Gasteiger partial charge on any atom is 0.219 e. The zero-order chi connectivity index (χ0) is 11.4. The molecule has 15 heavy (non-hydrogen) atoms. The van der Waals surface area contributed by atoms with E-state index in [2.05, 4.69) is 20.9 Å². The molecule has 0 aliphatic heterocycles. The van der Waals surface area contributed by atoms with Crippen LogP contribution < -0.4 is 10.5 Å². The Morgan fingerprint density at radius 1 is 1.60 bits per heavy atom. The number of ether oxygens (including phenoxy) is 1. The first-order chi connectivity index (χ1) is 7.10. The van der Waals surface area contributed by atoms with E-state index in [1.54, 1.807) is 0 Å². The van der Waals surface area contributed by atoms with Gasteiger partial charge in [-0.25, -0.2) is 4.98 Å². The van der Waals surface area contributed by atoms with Gasteiger partial charge in [-0.05, 0) is 6.07 Å². The van der Waals surface area contributed by atoms with E-state index in [9.17, 15) is 10.2 Å². The van der Waals surface area contributed by atoms with Crippen LogP contribution in [0.4, 0.5) is 5.69 Å². The normalized spacial score (nSPS) is 14.7. The van der Waals surface area contributed by atoms with Gasteiger partial charge in [0.2, 0.25) is 5.88 Å². The van der Waals surface area contributed by atoms with E-state index >= 15 is 0 Å². The summed E-state index contributed by atoms with van der Waals surface area (Å²) in [5.74, 6) is 0.261. The molecule has 1 aromatic heterocycles. The lowest BCUT2D eigenvalue weighted by Gasteiger charge is -2.17. The molecule has 6 heteroatoms. The topological polar surface area (TPSA) is 88.6 Å². The molecule has 1 heterocycles. The third-order valence-corrected chi connectivity index (χ3v) is 2.60. The number of nitrogens with zero attached hydrogens (tertiary/aromatic N) is 1. The van der Waals surface area contributed by atoms with Crippen LogP contribution in [0.5, 0.6) is 5.88 Å². The first kappa shape index (κ1) is 12.2. The highest BCUT2D eigenvalue weighted by Gasteiger charge is 2.21. The van der Waals surface area contributed by atoms with E-state index in [4.69, 9.17) is 10.5 Å². The number of nitrogens with two attached hydrogens (primary N) is 1. The number of aliphatic hydroxyl groups is 2. The summed E-state index contributed by atoms with van der Waals surface area (Å²) in [4.78, 5) is 3.90. The number of methoxy groups -OCH3 is 1. The van der Waals surface area contributed by atoms with E-state index in [0.29, 0.717) is 11.3 Å². The lowest BCUT2D eigenvalue weighted by molar-refractivity contribution is 0.0324. The Morgan fingerprint density at radius 2 is 2.27 bits per heavy atom. The zero-order valence-electron chi connectivity index (χ0n) is 8.22. The van der Waals surface area contributed by atoms with Crippen LogP contribution in [0.3, 0.4) is 0 Å². The van der Waals surface area contributed by atoms with Gasteiger partial charge in [0.1, 0.15) is 6.10 Å². The SMILES string of the molecule is COc1ncc(N)cc1C(O)C(O)CBr. The molecule has 2 atom stereocenters. The number of nitrogen functional groups attached to an aromatic ring is 1. The summed E-state index contributed by atoms with van der Waals surface area (Å²) in [6, 6.07) is 1.53. The molecular formula is C9H13BrN2O3. The van der Waals surface area contributed by atoms with Gasteiger partial charge in [-0.3, -0.25) is 0 Å². The minimum atomic E-state index is -1.07. The molecule has 0 saturated heterocycles. The minimum absolute atomic E-state index is 0.256. The molecule has 0 aliphatic carbocycles. The average Bonchev–Trinajstić information content (AvgIpc) is 2.27. The summed E-state index contributed by atoms with van der Waals surface area (Å²) < 4.78 is 4.96. The van der Waals surface area contributed by atoms with Gasteiger partial charge in [0.25, 0.3) is 0 Å². The van der Waals surface area contributed by atoms with Crippen molar-refractivity contribution in [2.75, 3.05) is 18.2 Å². The van der Waals surface area contributed by atoms with Gasteiger partial charge in [-0.15, -0.1) is 0 Å². The van der Waals surface area contributed by atoms with Crippen molar-refractivity contribution in [3.05, 3.63) is 17.8 Å². The van der Waals surface area contributed by atoms with Crippen molar-refractivity contribution in [3.8, 4) is 5.88 Å². The third kappa shape index (κ3) is 2.80. The molecule has 2 unspecified atom stereocenters. The molecule has 0 spiro atoms. The molecule has 0 amide bonds. The first-order valence-corrected chi connectivity index (χ1v) is 5.43. The maximum atomic E-state index is 9.77. The van der Waals surface area contributed by atoms with Gasteiger partial charge in [-0.2, -0.15) is 0 Å². The van der Waals surface area contributed by atoms with Gasteiger partial charge in [-0.1, -0.05) is 15.9 Å². The minimum Gasteiger partial charge on any atom is -0.481 e. The Labute approximate surface area is 96.0 Å². The number of rotatable bonds is 4. The molecule has 0 aromatic carbocycles. The molecule has 0 bridgehead atoms. The Hall–Kier alpha value is -0.850. The van der Waals surface area contributed by atoms with E-state index < -0.39 is 12.2 Å². The number of alkyl halides is 1. The highest BCUT2D eigenvalue weighted by molar-refractivity contribution is 9.09. The van der Waals surface area contributed by atoms with Crippen molar-refractivity contribution in [1.82, 2.24) is 4.98 Å². The number of hydrogen-bond acceptors (Lipinski definition) is 5. The Kier molecular flexibility index (Phi) is 4.31. The molecule has 0 saturated carbocycles. The number of aromatic nitrogens is 1. The van der Waals surface area contributed by atoms with Crippen LogP contribution in [-0.4, -0.2) is 33.7 Å². The van der Waals surface area contributed by atoms with Gasteiger partial charge in [0.05, 0.1) is 25.1 Å². The second-order valence-electron chi connectivity index (χ2n) is 3.03. The molecule has 0 fully saturated rings. The van der Waals surface area contributed by atoms with E-state index in [-0.39, 0.29) is 11.2 Å². The van der Waals surface area contributed by atoms with Crippen molar-refractivity contribution in [1.29, 1.82) is 0 Å². The molecule has 4 N–H and O–H groups in total. The smallest absolute Gasteiger partial charge is 0.219 e. The van der Waals surface area contributed by atoms with Gasteiger partial charge in [0.15, 0.2) is 0 Å². The van der Waals surface area contributed by atoms with E-state index in [1.807, 2.05) is 0 Å². The van der Waals surface area contributed by atoms with Crippen LogP contribution in [0.1, 0.15) is 11.7 Å². The van der Waals surface area contributed by atoms with Crippen LogP contribution in [0.2, 0.25) is 0 Å². The third-order valence-electron chi connectivity index (χ3n) is 1.93. The number of aliphatic hydroxyl groups excluding tert-OH is 2. The fraction of sp³-hybridized carbons (Fsp3) is 0.444. The number of anilines is 1. The van der Waals surface area contributed by atoms with Gasteiger partial charge < -0.3 is 20.7 Å². The van der Waals surface area contributed by atoms with Crippen LogP contribution >= 0.6 is 15.9 Å². The molecule has 0 aliphatic rings. The highest BCUT2D eigenvalue weighted by atomic mass is 79.9. The quantitative estimate of drug-likeness (QED) is 0.696. The molecule has 0 radical (unpaired) electrons. The fourth-order valence-electron chi connectivity index (χ4n) is 1.16.